The summed E-state index contributed by atoms with van der Waals surface area (Å²) in [5.41, 5.74) is -0.697. The highest BCUT2D eigenvalue weighted by atomic mass is 32.2. The van der Waals surface area contributed by atoms with E-state index in [1.54, 1.807) is 12.1 Å². The summed E-state index contributed by atoms with van der Waals surface area (Å²) in [6.45, 7) is 0.408. The van der Waals surface area contributed by atoms with Gasteiger partial charge in [0.05, 0.1) is 16.1 Å². The summed E-state index contributed by atoms with van der Waals surface area (Å²) in [5.74, 6) is -0.704. The quantitative estimate of drug-likeness (QED) is 0.320. The molecule has 1 aliphatic heterocycles. The number of nitrogens with one attached hydrogen (secondary N) is 5. The zero-order chi connectivity index (χ0) is 26.6. The van der Waals surface area contributed by atoms with Crippen molar-refractivity contribution in [2.24, 2.45) is 0 Å². The molecule has 0 fully saturated rings. The Labute approximate surface area is 209 Å². The maximum atomic E-state index is 14.0. The first-order chi connectivity index (χ1) is 17.5. The number of fused-ring (bicyclic) bond motifs is 4. The van der Waals surface area contributed by atoms with Gasteiger partial charge in [0.1, 0.15) is 11.6 Å². The molecule has 2 aromatic carbocycles. The average molecular weight is 540 g/mol. The fourth-order valence-corrected chi connectivity index (χ4v) is 4.46. The van der Waals surface area contributed by atoms with Crippen LogP contribution in [-0.2, 0) is 22.7 Å². The summed E-state index contributed by atoms with van der Waals surface area (Å²) in [6, 6.07) is 7.05. The smallest absolute Gasteiger partial charge is 0.370 e. The molecule has 0 spiro atoms. The molecule has 4 bridgehead atoms. The Balaban J connectivity index is 1.47. The maximum absolute atomic E-state index is 14.0. The van der Waals surface area contributed by atoms with Crippen molar-refractivity contribution in [2.75, 3.05) is 29.0 Å². The van der Waals surface area contributed by atoms with Crippen LogP contribution < -0.4 is 26.0 Å². The first-order valence-corrected chi connectivity index (χ1v) is 12.4. The van der Waals surface area contributed by atoms with Crippen molar-refractivity contribution in [3.8, 4) is 0 Å². The molecule has 196 valence electrons. The second-order valence-corrected chi connectivity index (χ2v) is 9.67. The molecule has 37 heavy (non-hydrogen) atoms. The fourth-order valence-electron chi connectivity index (χ4n) is 3.34. The molecule has 2 amide bonds. The number of carbonyl (C=O) groups is 1. The number of hydrogen-bond donors (Lipinski definition) is 5. The van der Waals surface area contributed by atoms with Crippen molar-refractivity contribution < 1.29 is 30.8 Å². The van der Waals surface area contributed by atoms with Gasteiger partial charge in [-0.15, -0.1) is 0 Å². The number of benzene rings is 2. The summed E-state index contributed by atoms with van der Waals surface area (Å²) >= 11 is 0. The van der Waals surface area contributed by atoms with E-state index in [1.165, 1.54) is 18.3 Å². The SMILES string of the molecule is O=C(NCc1cnc2nc1NCCCNS(=O)(=O)c1cccc(c1)N2)Nc1ccc(C(F)(F)F)cc1F. The van der Waals surface area contributed by atoms with Crippen molar-refractivity contribution in [3.63, 3.8) is 0 Å². The number of alkyl halides is 3. The highest BCUT2D eigenvalue weighted by Crippen LogP contribution is 2.31. The van der Waals surface area contributed by atoms with Gasteiger partial charge in [0.15, 0.2) is 0 Å². The van der Waals surface area contributed by atoms with Gasteiger partial charge in [-0.25, -0.2) is 27.3 Å². The lowest BCUT2D eigenvalue weighted by Crippen LogP contribution is -2.29. The number of carbonyl (C=O) groups excluding carboxylic acids is 1. The van der Waals surface area contributed by atoms with Crippen LogP contribution in [0.5, 0.6) is 0 Å². The second-order valence-electron chi connectivity index (χ2n) is 7.90. The number of anilines is 4. The molecular weight excluding hydrogens is 518 g/mol. The summed E-state index contributed by atoms with van der Waals surface area (Å²) in [5, 5.41) is 10.6. The van der Waals surface area contributed by atoms with Gasteiger partial charge >= 0.3 is 12.2 Å². The fraction of sp³-hybridized carbons (Fsp3) is 0.227. The van der Waals surface area contributed by atoms with Gasteiger partial charge in [0.2, 0.25) is 16.0 Å². The van der Waals surface area contributed by atoms with Crippen LogP contribution in [0.15, 0.2) is 53.6 Å². The topological polar surface area (TPSA) is 137 Å². The van der Waals surface area contributed by atoms with Gasteiger partial charge in [0, 0.05) is 37.1 Å². The third-order valence-corrected chi connectivity index (χ3v) is 6.65. The molecule has 10 nitrogen and oxygen atoms in total. The predicted octanol–water partition coefficient (Wildman–Crippen LogP) is 3.79. The van der Waals surface area contributed by atoms with E-state index >= 15 is 0 Å². The van der Waals surface area contributed by atoms with Gasteiger partial charge in [-0.2, -0.15) is 18.2 Å². The third-order valence-electron chi connectivity index (χ3n) is 5.19. The summed E-state index contributed by atoms with van der Waals surface area (Å²) in [4.78, 5) is 20.9. The Morgan fingerprint density at radius 1 is 1.11 bits per heavy atom. The minimum atomic E-state index is -4.71. The molecule has 0 atom stereocenters. The summed E-state index contributed by atoms with van der Waals surface area (Å²) in [7, 11) is -3.70. The Morgan fingerprint density at radius 3 is 2.68 bits per heavy atom. The average Bonchev–Trinajstić information content (AvgIpc) is 2.84. The van der Waals surface area contributed by atoms with Crippen LogP contribution in [0.3, 0.4) is 0 Å². The third kappa shape index (κ3) is 6.62. The van der Waals surface area contributed by atoms with Crippen molar-refractivity contribution in [3.05, 3.63) is 65.6 Å². The van der Waals surface area contributed by atoms with Crippen molar-refractivity contribution in [1.29, 1.82) is 0 Å². The highest BCUT2D eigenvalue weighted by Gasteiger charge is 2.31. The van der Waals surface area contributed by atoms with Crippen LogP contribution >= 0.6 is 0 Å². The van der Waals surface area contributed by atoms with E-state index < -0.39 is 39.3 Å². The van der Waals surface area contributed by atoms with Crippen molar-refractivity contribution in [1.82, 2.24) is 20.0 Å². The van der Waals surface area contributed by atoms with E-state index in [1.807, 2.05) is 0 Å². The van der Waals surface area contributed by atoms with Crippen LogP contribution in [0.25, 0.3) is 0 Å². The lowest BCUT2D eigenvalue weighted by Gasteiger charge is -2.14. The minimum Gasteiger partial charge on any atom is -0.370 e. The van der Waals surface area contributed by atoms with Crippen LogP contribution in [-0.4, -0.2) is 37.5 Å². The van der Waals surface area contributed by atoms with Crippen molar-refractivity contribution in [2.45, 2.75) is 24.0 Å². The molecule has 5 N–H and O–H groups in total. The summed E-state index contributed by atoms with van der Waals surface area (Å²) in [6.07, 6.45) is -2.85. The minimum absolute atomic E-state index is 0.0845. The molecule has 0 radical (unpaired) electrons. The molecule has 0 saturated carbocycles. The van der Waals surface area contributed by atoms with E-state index in [4.69, 9.17) is 0 Å². The molecule has 4 rings (SSSR count). The van der Waals surface area contributed by atoms with Gasteiger partial charge in [-0.1, -0.05) is 6.07 Å². The largest absolute Gasteiger partial charge is 0.416 e. The molecule has 0 unspecified atom stereocenters. The number of rotatable bonds is 3. The number of halogens is 4. The Morgan fingerprint density at radius 2 is 1.92 bits per heavy atom. The Kier molecular flexibility index (Phi) is 7.45. The zero-order valence-corrected chi connectivity index (χ0v) is 19.8. The maximum Gasteiger partial charge on any atom is 0.416 e. The Bertz CT molecular complexity index is 1420. The Hall–Kier alpha value is -3.98. The van der Waals surface area contributed by atoms with E-state index in [-0.39, 0.29) is 23.9 Å². The van der Waals surface area contributed by atoms with Crippen LogP contribution in [0.2, 0.25) is 0 Å². The number of urea groups is 1. The lowest BCUT2D eigenvalue weighted by molar-refractivity contribution is -0.137. The van der Waals surface area contributed by atoms with E-state index in [9.17, 15) is 30.8 Å². The van der Waals surface area contributed by atoms with Crippen LogP contribution in [0, 0.1) is 5.82 Å². The molecular formula is C22H21F4N7O3S. The van der Waals surface area contributed by atoms with Gasteiger partial charge in [0.25, 0.3) is 0 Å². The van der Waals surface area contributed by atoms with Gasteiger partial charge in [-0.3, -0.25) is 0 Å². The number of hydrogen-bond acceptors (Lipinski definition) is 7. The molecule has 2 heterocycles. The first kappa shape index (κ1) is 26.1. The first-order valence-electron chi connectivity index (χ1n) is 10.9. The number of amides is 2. The van der Waals surface area contributed by atoms with Gasteiger partial charge in [-0.05, 0) is 42.8 Å². The molecule has 0 aliphatic carbocycles. The highest BCUT2D eigenvalue weighted by molar-refractivity contribution is 7.89. The molecule has 0 saturated heterocycles. The predicted molar refractivity (Wildman–Crippen MR) is 127 cm³/mol. The number of nitrogens with zero attached hydrogens (tertiary/aromatic N) is 2. The van der Waals surface area contributed by atoms with Crippen LogP contribution in [0.4, 0.5) is 45.5 Å². The summed E-state index contributed by atoms with van der Waals surface area (Å²) < 4.78 is 79.6. The van der Waals surface area contributed by atoms with E-state index in [2.05, 4.69) is 36.0 Å². The van der Waals surface area contributed by atoms with Gasteiger partial charge < -0.3 is 21.3 Å². The van der Waals surface area contributed by atoms with E-state index in [0.29, 0.717) is 42.2 Å². The second kappa shape index (κ2) is 10.6. The van der Waals surface area contributed by atoms with E-state index in [0.717, 1.165) is 6.07 Å². The van der Waals surface area contributed by atoms with Crippen molar-refractivity contribution >= 4 is 39.2 Å². The normalized spacial score (nSPS) is 15.1. The van der Waals surface area contributed by atoms with Crippen LogP contribution in [0.1, 0.15) is 17.5 Å². The number of aromatic nitrogens is 2. The molecule has 1 aliphatic rings. The molecule has 1 aromatic heterocycles. The molecule has 3 aromatic rings. The molecule has 15 heteroatoms. The number of sulfonamides is 1. The zero-order valence-electron chi connectivity index (χ0n) is 19.0. The standard InChI is InChI=1S/C22H21F4N7O3S/c23-17-9-14(22(24,25)26)5-6-18(17)32-21(34)29-12-13-11-28-20-31-15-3-1-4-16(10-15)37(35,36)30-8-2-7-27-19(13)33-20/h1,3-6,9-11,30H,2,7-8,12H2,(H2,29,32,34)(H2,27,28,31,33). The lowest BCUT2D eigenvalue weighted by atomic mass is 10.2. The monoisotopic (exact) mass is 539 g/mol.